The molecule has 2 N–H and O–H groups in total. The summed E-state index contributed by atoms with van der Waals surface area (Å²) in [7, 11) is -0.737. The number of aromatic nitrogens is 2. The van der Waals surface area contributed by atoms with Gasteiger partial charge in [-0.05, 0) is 29.3 Å². The van der Waals surface area contributed by atoms with Crippen molar-refractivity contribution in [2.45, 2.75) is 18.2 Å². The molecule has 3 aromatic rings. The van der Waals surface area contributed by atoms with Gasteiger partial charge in [0.15, 0.2) is 0 Å². The first-order valence-corrected chi connectivity index (χ1v) is 12.1. The zero-order chi connectivity index (χ0) is 24.5. The number of carbonyl (C=O) groups is 1. The normalized spacial score (nSPS) is 15.1. The average Bonchev–Trinajstić information content (AvgIpc) is 2.83. The maximum atomic E-state index is 13.2. The van der Waals surface area contributed by atoms with Crippen molar-refractivity contribution in [1.29, 1.82) is 0 Å². The molecule has 9 nitrogen and oxygen atoms in total. The molecule has 0 radical (unpaired) electrons. The molecule has 178 valence electrons. The lowest BCUT2D eigenvalue weighted by molar-refractivity contribution is -0.140. The van der Waals surface area contributed by atoms with Gasteiger partial charge in [0, 0.05) is 7.05 Å². The van der Waals surface area contributed by atoms with Crippen molar-refractivity contribution in [3.8, 4) is 5.75 Å². The summed E-state index contributed by atoms with van der Waals surface area (Å²) in [5.41, 5.74) is -0.144. The number of benzene rings is 2. The first-order valence-electron chi connectivity index (χ1n) is 10.4. The average molecular weight is 485 g/mol. The number of methoxy groups -OCH3 is 1. The van der Waals surface area contributed by atoms with Crippen LogP contribution in [0.1, 0.15) is 16.7 Å². The van der Waals surface area contributed by atoms with E-state index in [-0.39, 0.29) is 29.3 Å². The minimum atomic E-state index is -3.63. The summed E-state index contributed by atoms with van der Waals surface area (Å²) in [6.45, 7) is -0.0623. The van der Waals surface area contributed by atoms with Crippen LogP contribution in [0.4, 0.5) is 0 Å². The van der Waals surface area contributed by atoms with Gasteiger partial charge in [-0.2, -0.15) is 0 Å². The lowest BCUT2D eigenvalue weighted by Gasteiger charge is -2.37. The van der Waals surface area contributed by atoms with Crippen molar-refractivity contribution in [1.82, 2.24) is 9.13 Å². The Morgan fingerprint density at radius 2 is 1.76 bits per heavy atom. The maximum Gasteiger partial charge on any atom is 0.335 e. The second-order valence-electron chi connectivity index (χ2n) is 7.85. The van der Waals surface area contributed by atoms with Crippen molar-refractivity contribution >= 4 is 22.6 Å². The third-order valence-electron chi connectivity index (χ3n) is 5.46. The van der Waals surface area contributed by atoms with E-state index < -0.39 is 33.6 Å². The van der Waals surface area contributed by atoms with Crippen LogP contribution in [-0.2, 0) is 29.7 Å². The Labute approximate surface area is 196 Å². The largest absolute Gasteiger partial charge is 0.497 e. The van der Waals surface area contributed by atoms with Gasteiger partial charge in [0.1, 0.15) is 17.4 Å². The summed E-state index contributed by atoms with van der Waals surface area (Å²) < 4.78 is 34.1. The Morgan fingerprint density at radius 1 is 1.06 bits per heavy atom. The third kappa shape index (κ3) is 4.56. The van der Waals surface area contributed by atoms with E-state index in [1.165, 1.54) is 20.2 Å². The highest BCUT2D eigenvalue weighted by Crippen LogP contribution is 2.52. The number of ether oxygens (including phenoxy) is 2. The highest BCUT2D eigenvalue weighted by Gasteiger charge is 2.34. The van der Waals surface area contributed by atoms with Crippen LogP contribution in [0.3, 0.4) is 0 Å². The zero-order valence-corrected chi connectivity index (χ0v) is 19.4. The van der Waals surface area contributed by atoms with E-state index in [1.54, 1.807) is 48.5 Å². The molecule has 0 atom stereocenters. The highest BCUT2D eigenvalue weighted by molar-refractivity contribution is 8.24. The van der Waals surface area contributed by atoms with Crippen molar-refractivity contribution in [3.05, 3.63) is 97.7 Å². The van der Waals surface area contributed by atoms with E-state index in [4.69, 9.17) is 9.47 Å². The van der Waals surface area contributed by atoms with Crippen LogP contribution < -0.4 is 16.0 Å². The molecule has 0 bridgehead atoms. The van der Waals surface area contributed by atoms with Gasteiger partial charge in [0.25, 0.3) is 5.56 Å². The first-order chi connectivity index (χ1) is 16.2. The molecule has 0 saturated heterocycles. The molecular weight excluding hydrogens is 460 g/mol. The highest BCUT2D eigenvalue weighted by atomic mass is 32.3. The molecule has 1 aliphatic rings. The summed E-state index contributed by atoms with van der Waals surface area (Å²) in [5, 5.41) is -0.184. The van der Waals surface area contributed by atoms with Crippen molar-refractivity contribution in [2.24, 2.45) is 7.05 Å². The maximum absolute atomic E-state index is 13.2. The topological polar surface area (TPSA) is 120 Å². The van der Waals surface area contributed by atoms with E-state index in [2.05, 4.69) is 0 Å². The van der Waals surface area contributed by atoms with Crippen LogP contribution in [0.15, 0.2) is 74.8 Å². The lowest BCUT2D eigenvalue weighted by Crippen LogP contribution is -2.43. The number of fused-ring (bicyclic) bond motifs is 1. The van der Waals surface area contributed by atoms with E-state index >= 15 is 0 Å². The van der Waals surface area contributed by atoms with Crippen LogP contribution in [0.2, 0.25) is 0 Å². The van der Waals surface area contributed by atoms with Crippen molar-refractivity contribution in [2.75, 3.05) is 12.9 Å². The second-order valence-corrected chi connectivity index (χ2v) is 9.85. The van der Waals surface area contributed by atoms with Gasteiger partial charge < -0.3 is 9.47 Å². The van der Waals surface area contributed by atoms with E-state index in [1.807, 2.05) is 6.07 Å². The van der Waals surface area contributed by atoms with Gasteiger partial charge in [0.2, 0.25) is 0 Å². The van der Waals surface area contributed by atoms with Gasteiger partial charge in [-0.3, -0.25) is 23.0 Å². The molecule has 4 rings (SSSR count). The van der Waals surface area contributed by atoms with Gasteiger partial charge in [0.05, 0.1) is 30.5 Å². The van der Waals surface area contributed by atoms with Crippen LogP contribution in [0.25, 0.3) is 6.08 Å². The molecule has 0 spiro atoms. The Morgan fingerprint density at radius 3 is 2.47 bits per heavy atom. The number of rotatable bonds is 6. The number of nitrogens with zero attached hydrogens (tertiary/aromatic N) is 2. The van der Waals surface area contributed by atoms with E-state index in [9.17, 15) is 23.5 Å². The number of esters is 1. The molecule has 0 fully saturated rings. The smallest absolute Gasteiger partial charge is 0.335 e. The Bertz CT molecular complexity index is 1390. The SMILES string of the molecule is COc1cccc(COC(=O)C2=Cc3c(n(C)c(=O)n(Cc4ccccc4)c3=O)S(O)(O)C2)c1. The third-order valence-corrected chi connectivity index (χ3v) is 7.29. The molecule has 0 saturated carbocycles. The quantitative estimate of drug-likeness (QED) is 0.408. The minimum Gasteiger partial charge on any atom is -0.497 e. The van der Waals surface area contributed by atoms with Gasteiger partial charge >= 0.3 is 11.7 Å². The zero-order valence-electron chi connectivity index (χ0n) is 18.6. The summed E-state index contributed by atoms with van der Waals surface area (Å²) in [6, 6.07) is 15.9. The van der Waals surface area contributed by atoms with Gasteiger partial charge in [-0.1, -0.05) is 42.5 Å². The predicted octanol–water partition coefficient (Wildman–Crippen LogP) is 2.85. The first kappa shape index (κ1) is 23.6. The fraction of sp³-hybridized carbons (Fsp3) is 0.208. The Hall–Kier alpha value is -3.60. The summed E-state index contributed by atoms with van der Waals surface area (Å²) in [4.78, 5) is 38.9. The van der Waals surface area contributed by atoms with Crippen LogP contribution in [0, 0.1) is 0 Å². The number of hydrogen-bond donors (Lipinski definition) is 2. The molecule has 1 aliphatic heterocycles. The molecule has 1 aromatic heterocycles. The fourth-order valence-electron chi connectivity index (χ4n) is 3.82. The molecule has 2 aromatic carbocycles. The van der Waals surface area contributed by atoms with Crippen LogP contribution in [-0.4, -0.2) is 37.1 Å². The molecule has 0 aliphatic carbocycles. The molecule has 0 amide bonds. The van der Waals surface area contributed by atoms with E-state index in [0.717, 1.165) is 14.7 Å². The number of carbonyl (C=O) groups excluding carboxylic acids is 1. The van der Waals surface area contributed by atoms with Crippen LogP contribution in [0.5, 0.6) is 5.75 Å². The van der Waals surface area contributed by atoms with Crippen molar-refractivity contribution < 1.29 is 23.4 Å². The molecule has 2 heterocycles. The van der Waals surface area contributed by atoms with Crippen LogP contribution >= 0.6 is 10.6 Å². The second kappa shape index (κ2) is 9.34. The molecule has 10 heteroatoms. The molecule has 34 heavy (non-hydrogen) atoms. The van der Waals surface area contributed by atoms with Gasteiger partial charge in [-0.25, -0.2) is 9.59 Å². The lowest BCUT2D eigenvalue weighted by atomic mass is 10.2. The van der Waals surface area contributed by atoms with E-state index in [0.29, 0.717) is 11.3 Å². The summed E-state index contributed by atoms with van der Waals surface area (Å²) in [6.07, 6.45) is 1.28. The Kier molecular flexibility index (Phi) is 6.47. The monoisotopic (exact) mass is 484 g/mol. The Balaban J connectivity index is 1.70. The van der Waals surface area contributed by atoms with Crippen molar-refractivity contribution in [3.63, 3.8) is 0 Å². The molecular formula is C24H24N2O7S. The fourth-order valence-corrected chi connectivity index (χ4v) is 5.61. The summed E-state index contributed by atoms with van der Waals surface area (Å²) >= 11 is 0. The van der Waals surface area contributed by atoms with Gasteiger partial charge in [-0.15, -0.1) is 10.6 Å². The predicted molar refractivity (Wildman–Crippen MR) is 128 cm³/mol. The standard InChI is InChI=1S/C24H24N2O7S/c1-25-22-20(21(27)26(24(25)29)13-16-7-4-3-5-8-16)12-18(15-34(22,30)31)23(28)33-14-17-9-6-10-19(11-17)32-2/h3-12,30-31H,13-15H2,1-2H3. The number of hydrogen-bond acceptors (Lipinski definition) is 7. The molecule has 0 unspecified atom stereocenters. The minimum absolute atomic E-state index is 0.00226. The summed E-state index contributed by atoms with van der Waals surface area (Å²) in [5.74, 6) is -0.628.